The van der Waals surface area contributed by atoms with E-state index in [1.165, 1.54) is 17.1 Å². The summed E-state index contributed by atoms with van der Waals surface area (Å²) >= 11 is 5.77. The summed E-state index contributed by atoms with van der Waals surface area (Å²) in [6, 6.07) is 10.7. The molecule has 1 atom stereocenters. The fraction of sp³-hybridized carbons (Fsp3) is 0.263. The number of nitrogens with one attached hydrogen (secondary N) is 1. The van der Waals surface area contributed by atoms with E-state index in [0.29, 0.717) is 23.4 Å². The van der Waals surface area contributed by atoms with E-state index in [1.54, 1.807) is 37.3 Å². The molecule has 9 heteroatoms. The van der Waals surface area contributed by atoms with Crippen molar-refractivity contribution in [3.63, 3.8) is 0 Å². The van der Waals surface area contributed by atoms with Crippen LogP contribution >= 0.6 is 11.6 Å². The van der Waals surface area contributed by atoms with Crippen molar-refractivity contribution in [3.8, 4) is 0 Å². The van der Waals surface area contributed by atoms with Crippen molar-refractivity contribution in [2.45, 2.75) is 25.8 Å². The molecule has 1 N–H and O–H groups in total. The van der Waals surface area contributed by atoms with Crippen molar-refractivity contribution in [1.82, 2.24) is 5.01 Å². The number of halogens is 2. The molecule has 0 saturated carbocycles. The molecule has 0 spiro atoms. The van der Waals surface area contributed by atoms with Gasteiger partial charge in [0.2, 0.25) is 15.9 Å². The van der Waals surface area contributed by atoms with E-state index in [9.17, 15) is 17.6 Å². The van der Waals surface area contributed by atoms with Crippen molar-refractivity contribution >= 4 is 38.9 Å². The number of benzene rings is 2. The van der Waals surface area contributed by atoms with Gasteiger partial charge in [0.15, 0.2) is 0 Å². The Morgan fingerprint density at radius 2 is 1.96 bits per heavy atom. The average Bonchev–Trinajstić information content (AvgIpc) is 3.08. The highest BCUT2D eigenvalue weighted by Gasteiger charge is 2.32. The summed E-state index contributed by atoms with van der Waals surface area (Å²) in [5.41, 5.74) is 2.46. The Balaban J connectivity index is 1.90. The fourth-order valence-corrected chi connectivity index (χ4v) is 3.68. The van der Waals surface area contributed by atoms with Crippen molar-refractivity contribution in [2.24, 2.45) is 5.10 Å². The Labute approximate surface area is 168 Å². The van der Waals surface area contributed by atoms with Gasteiger partial charge in [-0.3, -0.25) is 9.52 Å². The first-order valence-electron chi connectivity index (χ1n) is 8.60. The zero-order chi connectivity index (χ0) is 20.5. The summed E-state index contributed by atoms with van der Waals surface area (Å²) in [5, 5.41) is 5.84. The van der Waals surface area contributed by atoms with E-state index < -0.39 is 21.9 Å². The van der Waals surface area contributed by atoms with E-state index in [4.69, 9.17) is 11.6 Å². The molecule has 1 aliphatic heterocycles. The highest BCUT2D eigenvalue weighted by molar-refractivity contribution is 7.92. The van der Waals surface area contributed by atoms with Crippen LogP contribution in [0.25, 0.3) is 0 Å². The van der Waals surface area contributed by atoms with Gasteiger partial charge in [-0.1, -0.05) is 36.7 Å². The third-order valence-corrected chi connectivity index (χ3v) is 5.23. The standard InChI is InChI=1S/C19H19ClFN3O3S/c1-3-19(25)24-18(13-6-9-15(20)16(21)10-13)11-17(22-24)12-4-7-14(8-5-12)23-28(2,26)27/h4-10,18,23H,3,11H2,1-2H3. The molecule has 0 bridgehead atoms. The molecular formula is C19H19ClFN3O3S. The van der Waals surface area contributed by atoms with E-state index in [2.05, 4.69) is 9.82 Å². The fourth-order valence-electron chi connectivity index (χ4n) is 3.00. The van der Waals surface area contributed by atoms with Crippen LogP contribution in [-0.4, -0.2) is 31.3 Å². The predicted molar refractivity (Wildman–Crippen MR) is 107 cm³/mol. The minimum atomic E-state index is -3.36. The topological polar surface area (TPSA) is 78.8 Å². The van der Waals surface area contributed by atoms with Gasteiger partial charge in [-0.25, -0.2) is 17.8 Å². The third-order valence-electron chi connectivity index (χ3n) is 4.32. The first-order valence-corrected chi connectivity index (χ1v) is 10.9. The molecule has 148 valence electrons. The number of anilines is 1. The molecule has 0 radical (unpaired) electrons. The second kappa shape index (κ2) is 7.89. The molecule has 1 heterocycles. The smallest absolute Gasteiger partial charge is 0.242 e. The SMILES string of the molecule is CCC(=O)N1N=C(c2ccc(NS(C)(=O)=O)cc2)CC1c1ccc(Cl)c(F)c1. The Morgan fingerprint density at radius 1 is 1.29 bits per heavy atom. The first-order chi connectivity index (χ1) is 13.2. The van der Waals surface area contributed by atoms with Crippen LogP contribution in [0, 0.1) is 5.82 Å². The molecule has 0 aliphatic carbocycles. The molecule has 28 heavy (non-hydrogen) atoms. The number of nitrogens with zero attached hydrogens (tertiary/aromatic N) is 2. The summed E-state index contributed by atoms with van der Waals surface area (Å²) < 4.78 is 39.0. The molecule has 0 saturated heterocycles. The normalized spacial score (nSPS) is 16.8. The van der Waals surface area contributed by atoms with Gasteiger partial charge in [0.25, 0.3) is 0 Å². The van der Waals surface area contributed by atoms with Crippen molar-refractivity contribution in [1.29, 1.82) is 0 Å². The highest BCUT2D eigenvalue weighted by Crippen LogP contribution is 2.34. The van der Waals surface area contributed by atoms with Crippen molar-refractivity contribution < 1.29 is 17.6 Å². The Bertz CT molecular complexity index is 1040. The molecule has 0 fully saturated rings. The summed E-state index contributed by atoms with van der Waals surface area (Å²) in [6.45, 7) is 1.74. The molecule has 3 rings (SSSR count). The number of carbonyl (C=O) groups is 1. The summed E-state index contributed by atoms with van der Waals surface area (Å²) in [6.07, 6.45) is 1.75. The summed E-state index contributed by atoms with van der Waals surface area (Å²) in [5.74, 6) is -0.724. The summed E-state index contributed by atoms with van der Waals surface area (Å²) in [4.78, 5) is 12.4. The maximum Gasteiger partial charge on any atom is 0.242 e. The lowest BCUT2D eigenvalue weighted by Gasteiger charge is -2.21. The molecule has 6 nitrogen and oxygen atoms in total. The maximum absolute atomic E-state index is 13.9. The second-order valence-corrected chi connectivity index (χ2v) is 8.64. The van der Waals surface area contributed by atoms with Gasteiger partial charge >= 0.3 is 0 Å². The van der Waals surface area contributed by atoms with Gasteiger partial charge in [0.1, 0.15) is 5.82 Å². The molecule has 1 unspecified atom stereocenters. The number of hydrogen-bond donors (Lipinski definition) is 1. The van der Waals surface area contributed by atoms with Crippen molar-refractivity contribution in [3.05, 3.63) is 64.4 Å². The number of rotatable bonds is 5. The Kier molecular flexibility index (Phi) is 5.71. The van der Waals surface area contributed by atoms with Crippen LogP contribution in [0.15, 0.2) is 47.6 Å². The maximum atomic E-state index is 13.9. The van der Waals surface area contributed by atoms with Crippen LogP contribution < -0.4 is 4.72 Å². The molecular weight excluding hydrogens is 405 g/mol. The summed E-state index contributed by atoms with van der Waals surface area (Å²) in [7, 11) is -3.36. The zero-order valence-corrected chi connectivity index (χ0v) is 16.9. The lowest BCUT2D eigenvalue weighted by molar-refractivity contribution is -0.132. The van der Waals surface area contributed by atoms with Gasteiger partial charge in [0, 0.05) is 18.5 Å². The number of hydrogen-bond acceptors (Lipinski definition) is 4. The van der Waals surface area contributed by atoms with Gasteiger partial charge in [-0.15, -0.1) is 0 Å². The van der Waals surface area contributed by atoms with Crippen LogP contribution in [0.2, 0.25) is 5.02 Å². The Morgan fingerprint density at radius 3 is 2.54 bits per heavy atom. The van der Waals surface area contributed by atoms with Gasteiger partial charge in [-0.2, -0.15) is 5.10 Å². The van der Waals surface area contributed by atoms with Gasteiger partial charge < -0.3 is 0 Å². The largest absolute Gasteiger partial charge is 0.284 e. The predicted octanol–water partition coefficient (Wildman–Crippen LogP) is 3.94. The number of carbonyl (C=O) groups excluding carboxylic acids is 1. The van der Waals surface area contributed by atoms with E-state index in [-0.39, 0.29) is 17.4 Å². The van der Waals surface area contributed by atoms with Crippen LogP contribution in [0.5, 0.6) is 0 Å². The van der Waals surface area contributed by atoms with Gasteiger partial charge in [0.05, 0.1) is 23.0 Å². The molecule has 2 aromatic rings. The van der Waals surface area contributed by atoms with Crippen LogP contribution in [-0.2, 0) is 14.8 Å². The monoisotopic (exact) mass is 423 g/mol. The number of hydrazone groups is 1. The van der Waals surface area contributed by atoms with Crippen molar-refractivity contribution in [2.75, 3.05) is 11.0 Å². The number of amides is 1. The third kappa shape index (κ3) is 4.51. The Hall–Kier alpha value is -2.45. The van der Waals surface area contributed by atoms with Crippen LogP contribution in [0.4, 0.5) is 10.1 Å². The van der Waals surface area contributed by atoms with E-state index >= 15 is 0 Å². The highest BCUT2D eigenvalue weighted by atomic mass is 35.5. The molecule has 1 amide bonds. The number of sulfonamides is 1. The van der Waals surface area contributed by atoms with E-state index in [0.717, 1.165) is 11.8 Å². The minimum Gasteiger partial charge on any atom is -0.284 e. The molecule has 1 aliphatic rings. The lowest BCUT2D eigenvalue weighted by atomic mass is 9.98. The molecule has 2 aromatic carbocycles. The first kappa shape index (κ1) is 20.3. The lowest BCUT2D eigenvalue weighted by Crippen LogP contribution is -2.26. The van der Waals surface area contributed by atoms with Gasteiger partial charge in [-0.05, 0) is 35.4 Å². The second-order valence-electron chi connectivity index (χ2n) is 6.48. The van der Waals surface area contributed by atoms with Crippen LogP contribution in [0.1, 0.15) is 36.9 Å². The molecule has 0 aromatic heterocycles. The quantitative estimate of drug-likeness (QED) is 0.791. The van der Waals surface area contributed by atoms with Crippen LogP contribution in [0.3, 0.4) is 0 Å². The van der Waals surface area contributed by atoms with E-state index in [1.807, 2.05) is 0 Å². The minimum absolute atomic E-state index is 0.0187. The zero-order valence-electron chi connectivity index (χ0n) is 15.3. The average molecular weight is 424 g/mol.